The fourth-order valence-corrected chi connectivity index (χ4v) is 2.94. The van der Waals surface area contributed by atoms with Crippen LogP contribution in [-0.2, 0) is 16.0 Å². The fraction of sp³-hybridized carbons (Fsp3) is 0.571. The van der Waals surface area contributed by atoms with Crippen molar-refractivity contribution < 1.29 is 24.6 Å². The van der Waals surface area contributed by atoms with Gasteiger partial charge in [0.2, 0.25) is 0 Å². The quantitative estimate of drug-likeness (QED) is 0.473. The number of nitrogens with one attached hydrogen (secondary N) is 1. The first kappa shape index (κ1) is 23.5. The second-order valence-electron chi connectivity index (χ2n) is 7.57. The van der Waals surface area contributed by atoms with E-state index in [0.717, 1.165) is 19.3 Å². The average Bonchev–Trinajstić information content (AvgIpc) is 2.63. The lowest BCUT2D eigenvalue weighted by molar-refractivity contribution is -0.142. The molecule has 3 N–H and O–H groups in total. The molecule has 28 heavy (non-hydrogen) atoms. The van der Waals surface area contributed by atoms with Crippen molar-refractivity contribution in [1.29, 1.82) is 0 Å². The van der Waals surface area contributed by atoms with Crippen LogP contribution in [0.3, 0.4) is 0 Å². The standard InChI is InChI=1S/C21H32N2O5/c1-15(2)13-23(21(28)22-16(3)19(24)25)14-18(20(26)27)12-8-7-11-17-9-5-4-6-10-17/h4-6,9-10,15-16,18H,7-8,11-14H2,1-3H3,(H,22,28)(H,24,25)(H,26,27). The Morgan fingerprint density at radius 1 is 0.964 bits per heavy atom. The summed E-state index contributed by atoms with van der Waals surface area (Å²) in [5, 5.41) is 21.0. The second-order valence-corrected chi connectivity index (χ2v) is 7.57. The number of carbonyl (C=O) groups is 3. The van der Waals surface area contributed by atoms with Crippen molar-refractivity contribution >= 4 is 18.0 Å². The molecular weight excluding hydrogens is 360 g/mol. The molecule has 0 radical (unpaired) electrons. The molecule has 0 aliphatic carbocycles. The van der Waals surface area contributed by atoms with E-state index in [9.17, 15) is 19.5 Å². The van der Waals surface area contributed by atoms with Crippen LogP contribution in [0, 0.1) is 11.8 Å². The molecule has 1 aromatic rings. The lowest BCUT2D eigenvalue weighted by Crippen LogP contribution is -2.49. The maximum absolute atomic E-state index is 12.4. The van der Waals surface area contributed by atoms with Crippen molar-refractivity contribution in [2.45, 2.75) is 52.5 Å². The molecular formula is C21H32N2O5. The molecule has 0 aliphatic rings. The van der Waals surface area contributed by atoms with Crippen molar-refractivity contribution in [3.63, 3.8) is 0 Å². The molecule has 2 unspecified atom stereocenters. The van der Waals surface area contributed by atoms with Gasteiger partial charge in [-0.3, -0.25) is 9.59 Å². The number of aliphatic carboxylic acids is 2. The normalized spacial score (nSPS) is 13.0. The number of nitrogens with zero attached hydrogens (tertiary/aromatic N) is 1. The van der Waals surface area contributed by atoms with E-state index in [1.165, 1.54) is 17.4 Å². The molecule has 7 nitrogen and oxygen atoms in total. The summed E-state index contributed by atoms with van der Waals surface area (Å²) in [5.74, 6) is -2.61. The molecule has 2 atom stereocenters. The van der Waals surface area contributed by atoms with Gasteiger partial charge in [-0.15, -0.1) is 0 Å². The van der Waals surface area contributed by atoms with E-state index in [2.05, 4.69) is 5.32 Å². The van der Waals surface area contributed by atoms with Crippen molar-refractivity contribution in [1.82, 2.24) is 10.2 Å². The zero-order valence-electron chi connectivity index (χ0n) is 16.9. The molecule has 0 spiro atoms. The van der Waals surface area contributed by atoms with Gasteiger partial charge in [-0.05, 0) is 37.7 Å². The monoisotopic (exact) mass is 392 g/mol. The highest BCUT2D eigenvalue weighted by atomic mass is 16.4. The summed E-state index contributed by atoms with van der Waals surface area (Å²) in [5.41, 5.74) is 1.22. The number of carboxylic acid groups (broad SMARTS) is 2. The first-order valence-electron chi connectivity index (χ1n) is 9.75. The zero-order chi connectivity index (χ0) is 21.1. The van der Waals surface area contributed by atoms with Gasteiger partial charge in [-0.2, -0.15) is 0 Å². The Labute approximate surface area is 166 Å². The van der Waals surface area contributed by atoms with Crippen LogP contribution in [0.5, 0.6) is 0 Å². The Bertz CT molecular complexity index is 633. The Kier molecular flexibility index (Phi) is 10.1. The molecule has 0 saturated carbocycles. The van der Waals surface area contributed by atoms with Crippen LogP contribution in [0.15, 0.2) is 30.3 Å². The fourth-order valence-electron chi connectivity index (χ4n) is 2.94. The Morgan fingerprint density at radius 2 is 1.61 bits per heavy atom. The number of rotatable bonds is 12. The molecule has 2 amide bonds. The van der Waals surface area contributed by atoms with E-state index in [4.69, 9.17) is 5.11 Å². The highest BCUT2D eigenvalue weighted by Crippen LogP contribution is 2.15. The van der Waals surface area contributed by atoms with Crippen LogP contribution in [-0.4, -0.2) is 52.2 Å². The first-order chi connectivity index (χ1) is 13.2. The van der Waals surface area contributed by atoms with Crippen LogP contribution in [0.2, 0.25) is 0 Å². The Morgan fingerprint density at radius 3 is 2.14 bits per heavy atom. The first-order valence-corrected chi connectivity index (χ1v) is 9.75. The van der Waals surface area contributed by atoms with Gasteiger partial charge in [-0.25, -0.2) is 4.79 Å². The number of carbonyl (C=O) groups excluding carboxylic acids is 1. The SMILES string of the molecule is CC(C)CN(CC(CCCCc1ccccc1)C(=O)O)C(=O)NC(C)C(=O)O. The van der Waals surface area contributed by atoms with Gasteiger partial charge >= 0.3 is 18.0 Å². The van der Waals surface area contributed by atoms with E-state index in [1.807, 2.05) is 44.2 Å². The number of benzene rings is 1. The Balaban J connectivity index is 2.62. The maximum atomic E-state index is 12.4. The smallest absolute Gasteiger partial charge is 0.325 e. The van der Waals surface area contributed by atoms with Gasteiger partial charge in [-0.1, -0.05) is 50.6 Å². The Hall–Kier alpha value is -2.57. The molecule has 0 fully saturated rings. The summed E-state index contributed by atoms with van der Waals surface area (Å²) < 4.78 is 0. The number of hydrogen-bond acceptors (Lipinski definition) is 3. The lowest BCUT2D eigenvalue weighted by Gasteiger charge is -2.28. The minimum Gasteiger partial charge on any atom is -0.481 e. The number of hydrogen-bond donors (Lipinski definition) is 3. The maximum Gasteiger partial charge on any atom is 0.325 e. The molecule has 1 aromatic carbocycles. The molecule has 0 heterocycles. The van der Waals surface area contributed by atoms with Crippen molar-refractivity contribution in [2.24, 2.45) is 11.8 Å². The summed E-state index contributed by atoms with van der Waals surface area (Å²) in [6, 6.07) is 8.45. The van der Waals surface area contributed by atoms with Crippen molar-refractivity contribution in [3.05, 3.63) is 35.9 Å². The van der Waals surface area contributed by atoms with Gasteiger partial charge in [0.15, 0.2) is 0 Å². The topological polar surface area (TPSA) is 107 Å². The van der Waals surface area contributed by atoms with Crippen LogP contribution >= 0.6 is 0 Å². The van der Waals surface area contributed by atoms with Crippen LogP contribution in [0.1, 0.15) is 45.6 Å². The number of aryl methyl sites for hydroxylation is 1. The molecule has 0 aliphatic heterocycles. The van der Waals surface area contributed by atoms with Crippen LogP contribution in [0.25, 0.3) is 0 Å². The highest BCUT2D eigenvalue weighted by Gasteiger charge is 2.26. The van der Waals surface area contributed by atoms with E-state index in [0.29, 0.717) is 13.0 Å². The number of carboxylic acids is 2. The summed E-state index contributed by atoms with van der Waals surface area (Å²) >= 11 is 0. The third-order valence-corrected chi connectivity index (χ3v) is 4.48. The summed E-state index contributed by atoms with van der Waals surface area (Å²) in [7, 11) is 0. The van der Waals surface area contributed by atoms with Gasteiger partial charge in [0, 0.05) is 13.1 Å². The third kappa shape index (κ3) is 8.88. The predicted molar refractivity (Wildman–Crippen MR) is 107 cm³/mol. The van der Waals surface area contributed by atoms with Gasteiger partial charge in [0.1, 0.15) is 6.04 Å². The molecule has 0 aromatic heterocycles. The largest absolute Gasteiger partial charge is 0.481 e. The minimum atomic E-state index is -1.13. The molecule has 7 heteroatoms. The van der Waals surface area contributed by atoms with Crippen molar-refractivity contribution in [3.8, 4) is 0 Å². The van der Waals surface area contributed by atoms with Gasteiger partial charge in [0.25, 0.3) is 0 Å². The molecule has 0 saturated heterocycles. The van der Waals surface area contributed by atoms with E-state index in [1.54, 1.807) is 0 Å². The summed E-state index contributed by atoms with van der Waals surface area (Å²) in [6.45, 7) is 5.67. The average molecular weight is 392 g/mol. The molecule has 0 bridgehead atoms. The van der Waals surface area contributed by atoms with E-state index >= 15 is 0 Å². The summed E-state index contributed by atoms with van der Waals surface area (Å²) in [4.78, 5) is 36.5. The number of amides is 2. The number of urea groups is 1. The predicted octanol–water partition coefficient (Wildman–Crippen LogP) is 3.24. The third-order valence-electron chi connectivity index (χ3n) is 4.48. The lowest BCUT2D eigenvalue weighted by atomic mass is 9.98. The van der Waals surface area contributed by atoms with E-state index in [-0.39, 0.29) is 12.5 Å². The van der Waals surface area contributed by atoms with Crippen molar-refractivity contribution in [2.75, 3.05) is 13.1 Å². The highest BCUT2D eigenvalue weighted by molar-refractivity contribution is 5.82. The number of unbranched alkanes of at least 4 members (excludes halogenated alkanes) is 1. The minimum absolute atomic E-state index is 0.0665. The van der Waals surface area contributed by atoms with Crippen LogP contribution in [0.4, 0.5) is 4.79 Å². The summed E-state index contributed by atoms with van der Waals surface area (Å²) in [6.07, 6.45) is 2.98. The van der Waals surface area contributed by atoms with E-state index < -0.39 is 29.9 Å². The zero-order valence-corrected chi connectivity index (χ0v) is 16.9. The second kappa shape index (κ2) is 12.0. The molecule has 1 rings (SSSR count). The van der Waals surface area contributed by atoms with Gasteiger partial charge < -0.3 is 20.4 Å². The van der Waals surface area contributed by atoms with Gasteiger partial charge in [0.05, 0.1) is 5.92 Å². The van der Waals surface area contributed by atoms with Crippen LogP contribution < -0.4 is 5.32 Å². The molecule has 156 valence electrons.